The van der Waals surface area contributed by atoms with E-state index in [1.807, 2.05) is 30.3 Å². The summed E-state index contributed by atoms with van der Waals surface area (Å²) in [4.78, 5) is 15.5. The highest BCUT2D eigenvalue weighted by molar-refractivity contribution is 5.92. The molecule has 1 amide bonds. The second-order valence-electron chi connectivity index (χ2n) is 4.01. The van der Waals surface area contributed by atoms with Gasteiger partial charge in [0, 0.05) is 12.7 Å². The Morgan fingerprint density at radius 2 is 1.95 bits per heavy atom. The molecule has 19 heavy (non-hydrogen) atoms. The minimum Gasteiger partial charge on any atom is -0.504 e. The van der Waals surface area contributed by atoms with Crippen LogP contribution < -0.4 is 10.6 Å². The number of anilines is 1. The van der Waals surface area contributed by atoms with Crippen LogP contribution in [-0.2, 0) is 11.3 Å². The number of carbonyl (C=O) groups is 1. The average molecular weight is 257 g/mol. The minimum atomic E-state index is -0.245. The maximum absolute atomic E-state index is 11.6. The van der Waals surface area contributed by atoms with Crippen LogP contribution in [0.15, 0.2) is 48.7 Å². The molecule has 0 aliphatic carbocycles. The Hall–Kier alpha value is -2.40. The molecular weight excluding hydrogens is 242 g/mol. The number of pyridine rings is 1. The maximum Gasteiger partial charge on any atom is 0.239 e. The van der Waals surface area contributed by atoms with E-state index in [1.165, 1.54) is 12.3 Å². The van der Waals surface area contributed by atoms with Crippen molar-refractivity contribution in [3.05, 3.63) is 54.2 Å². The highest BCUT2D eigenvalue weighted by atomic mass is 16.3. The van der Waals surface area contributed by atoms with Gasteiger partial charge < -0.3 is 15.7 Å². The van der Waals surface area contributed by atoms with Crippen LogP contribution in [0.3, 0.4) is 0 Å². The van der Waals surface area contributed by atoms with Gasteiger partial charge in [-0.3, -0.25) is 4.79 Å². The number of amides is 1. The van der Waals surface area contributed by atoms with Crippen LogP contribution >= 0.6 is 0 Å². The lowest BCUT2D eigenvalue weighted by Gasteiger charge is -2.07. The predicted molar refractivity (Wildman–Crippen MR) is 72.7 cm³/mol. The first-order valence-electron chi connectivity index (χ1n) is 5.94. The lowest BCUT2D eigenvalue weighted by molar-refractivity contribution is -0.115. The molecule has 0 spiro atoms. The van der Waals surface area contributed by atoms with Gasteiger partial charge in [0.2, 0.25) is 5.91 Å². The largest absolute Gasteiger partial charge is 0.504 e. The summed E-state index contributed by atoms with van der Waals surface area (Å²) in [6.07, 6.45) is 1.51. The number of hydrogen-bond acceptors (Lipinski definition) is 4. The number of aromatic nitrogens is 1. The molecule has 0 saturated carbocycles. The topological polar surface area (TPSA) is 74.2 Å². The van der Waals surface area contributed by atoms with Crippen LogP contribution in [-0.4, -0.2) is 22.5 Å². The lowest BCUT2D eigenvalue weighted by Crippen LogP contribution is -2.28. The normalized spacial score (nSPS) is 10.1. The van der Waals surface area contributed by atoms with Gasteiger partial charge in [-0.2, -0.15) is 0 Å². The molecular formula is C14H15N3O2. The van der Waals surface area contributed by atoms with Crippen molar-refractivity contribution >= 4 is 11.7 Å². The third kappa shape index (κ3) is 4.08. The van der Waals surface area contributed by atoms with E-state index < -0.39 is 0 Å². The summed E-state index contributed by atoms with van der Waals surface area (Å²) in [5.41, 5.74) is 1.11. The standard InChI is InChI=1S/C14H15N3O2/c18-12-7-4-8-16-14(12)17-13(19)10-15-9-11-5-2-1-3-6-11/h1-8,15,18H,9-10H2,(H,16,17,19). The third-order valence-electron chi connectivity index (χ3n) is 2.50. The molecule has 2 aromatic rings. The number of benzene rings is 1. The van der Waals surface area contributed by atoms with Crippen molar-refractivity contribution in [3.8, 4) is 5.75 Å². The maximum atomic E-state index is 11.6. The molecule has 0 radical (unpaired) electrons. The van der Waals surface area contributed by atoms with Crippen LogP contribution in [0.4, 0.5) is 5.82 Å². The van der Waals surface area contributed by atoms with Crippen LogP contribution in [0, 0.1) is 0 Å². The predicted octanol–water partition coefficient (Wildman–Crippen LogP) is 1.52. The summed E-state index contributed by atoms with van der Waals surface area (Å²) in [6, 6.07) is 12.9. The second-order valence-corrected chi connectivity index (χ2v) is 4.01. The smallest absolute Gasteiger partial charge is 0.239 e. The fourth-order valence-corrected chi connectivity index (χ4v) is 1.59. The summed E-state index contributed by atoms with van der Waals surface area (Å²) >= 11 is 0. The van der Waals surface area contributed by atoms with Gasteiger partial charge in [-0.25, -0.2) is 4.98 Å². The Morgan fingerprint density at radius 3 is 2.68 bits per heavy atom. The van der Waals surface area contributed by atoms with Crippen LogP contribution in [0.25, 0.3) is 0 Å². The van der Waals surface area contributed by atoms with E-state index in [4.69, 9.17) is 0 Å². The molecule has 2 rings (SSSR count). The van der Waals surface area contributed by atoms with Gasteiger partial charge in [0.25, 0.3) is 0 Å². The first-order valence-corrected chi connectivity index (χ1v) is 5.94. The quantitative estimate of drug-likeness (QED) is 0.759. The summed E-state index contributed by atoms with van der Waals surface area (Å²) in [5, 5.41) is 15.0. The van der Waals surface area contributed by atoms with Crippen molar-refractivity contribution in [2.75, 3.05) is 11.9 Å². The van der Waals surface area contributed by atoms with Crippen molar-refractivity contribution in [1.82, 2.24) is 10.3 Å². The van der Waals surface area contributed by atoms with Gasteiger partial charge in [-0.05, 0) is 17.7 Å². The van der Waals surface area contributed by atoms with E-state index in [-0.39, 0.29) is 24.0 Å². The molecule has 0 bridgehead atoms. The molecule has 0 aliphatic heterocycles. The highest BCUT2D eigenvalue weighted by Gasteiger charge is 2.06. The van der Waals surface area contributed by atoms with Crippen LogP contribution in [0.1, 0.15) is 5.56 Å². The molecule has 0 unspecified atom stereocenters. The van der Waals surface area contributed by atoms with Gasteiger partial charge in [-0.1, -0.05) is 30.3 Å². The average Bonchev–Trinajstić information content (AvgIpc) is 2.43. The summed E-state index contributed by atoms with van der Waals surface area (Å²) in [5.74, 6) is -0.113. The Balaban J connectivity index is 1.78. The van der Waals surface area contributed by atoms with Crippen molar-refractivity contribution in [1.29, 1.82) is 0 Å². The lowest BCUT2D eigenvalue weighted by atomic mass is 10.2. The minimum absolute atomic E-state index is 0.0427. The summed E-state index contributed by atoms with van der Waals surface area (Å²) in [6.45, 7) is 0.771. The van der Waals surface area contributed by atoms with E-state index in [2.05, 4.69) is 15.6 Å². The van der Waals surface area contributed by atoms with E-state index in [9.17, 15) is 9.90 Å². The SMILES string of the molecule is O=C(CNCc1ccccc1)Nc1ncccc1O. The van der Waals surface area contributed by atoms with Crippen LogP contribution in [0.5, 0.6) is 5.75 Å². The molecule has 0 fully saturated rings. The number of aromatic hydroxyl groups is 1. The Bertz CT molecular complexity index is 543. The molecule has 1 aromatic heterocycles. The molecule has 5 nitrogen and oxygen atoms in total. The van der Waals surface area contributed by atoms with Crippen molar-refractivity contribution in [3.63, 3.8) is 0 Å². The third-order valence-corrected chi connectivity index (χ3v) is 2.50. The molecule has 1 aromatic carbocycles. The van der Waals surface area contributed by atoms with E-state index in [0.29, 0.717) is 6.54 Å². The van der Waals surface area contributed by atoms with Gasteiger partial charge in [-0.15, -0.1) is 0 Å². The molecule has 98 valence electrons. The van der Waals surface area contributed by atoms with Gasteiger partial charge in [0.05, 0.1) is 6.54 Å². The van der Waals surface area contributed by atoms with E-state index in [0.717, 1.165) is 5.56 Å². The zero-order valence-corrected chi connectivity index (χ0v) is 10.3. The summed E-state index contributed by atoms with van der Waals surface area (Å²) in [7, 11) is 0. The monoisotopic (exact) mass is 257 g/mol. The fraction of sp³-hybridized carbons (Fsp3) is 0.143. The first kappa shape index (κ1) is 13.0. The van der Waals surface area contributed by atoms with Gasteiger partial charge in [0.15, 0.2) is 11.6 Å². The van der Waals surface area contributed by atoms with Crippen molar-refractivity contribution in [2.45, 2.75) is 6.54 Å². The van der Waals surface area contributed by atoms with Crippen molar-refractivity contribution in [2.24, 2.45) is 0 Å². The Labute approximate surface area is 111 Å². The second kappa shape index (κ2) is 6.51. The fourth-order valence-electron chi connectivity index (χ4n) is 1.59. The molecule has 0 saturated heterocycles. The first-order chi connectivity index (χ1) is 9.25. The number of carbonyl (C=O) groups excluding carboxylic acids is 1. The zero-order valence-electron chi connectivity index (χ0n) is 10.3. The highest BCUT2D eigenvalue weighted by Crippen LogP contribution is 2.17. The number of hydrogen-bond donors (Lipinski definition) is 3. The van der Waals surface area contributed by atoms with Gasteiger partial charge >= 0.3 is 0 Å². The number of rotatable bonds is 5. The Kier molecular flexibility index (Phi) is 4.47. The molecule has 1 heterocycles. The van der Waals surface area contributed by atoms with Gasteiger partial charge in [0.1, 0.15) is 0 Å². The molecule has 5 heteroatoms. The van der Waals surface area contributed by atoms with Crippen molar-refractivity contribution < 1.29 is 9.90 Å². The van der Waals surface area contributed by atoms with E-state index in [1.54, 1.807) is 6.07 Å². The summed E-state index contributed by atoms with van der Waals surface area (Å²) < 4.78 is 0. The number of nitrogens with zero attached hydrogens (tertiary/aromatic N) is 1. The molecule has 0 atom stereocenters. The van der Waals surface area contributed by atoms with E-state index >= 15 is 0 Å². The molecule has 3 N–H and O–H groups in total. The zero-order chi connectivity index (χ0) is 13.5. The Morgan fingerprint density at radius 1 is 1.16 bits per heavy atom. The number of nitrogens with one attached hydrogen (secondary N) is 2. The molecule has 0 aliphatic rings. The van der Waals surface area contributed by atoms with Crippen LogP contribution in [0.2, 0.25) is 0 Å².